The SMILES string of the molecule is N[C@@H]1CC[C@@H]([C@H](CCOCc2ccccc2)N(Cc2ccccc2)C(=O)OCc2ccccc2)OC1O. The summed E-state index contributed by atoms with van der Waals surface area (Å²) in [5.74, 6) is 0. The number of rotatable bonds is 11. The molecule has 1 unspecified atom stereocenters. The maximum atomic E-state index is 13.5. The van der Waals surface area contributed by atoms with Crippen LogP contribution in [0.1, 0.15) is 36.0 Å². The van der Waals surface area contributed by atoms with Gasteiger partial charge in [-0.1, -0.05) is 91.0 Å². The Labute approximate surface area is 218 Å². The van der Waals surface area contributed by atoms with Crippen LogP contribution in [-0.4, -0.2) is 47.2 Å². The zero-order valence-corrected chi connectivity index (χ0v) is 21.0. The van der Waals surface area contributed by atoms with Crippen LogP contribution in [0.2, 0.25) is 0 Å². The van der Waals surface area contributed by atoms with Crippen molar-refractivity contribution in [3.05, 3.63) is 108 Å². The Morgan fingerprint density at radius 1 is 0.892 bits per heavy atom. The van der Waals surface area contributed by atoms with E-state index in [1.807, 2.05) is 91.0 Å². The van der Waals surface area contributed by atoms with Crippen LogP contribution in [0, 0.1) is 0 Å². The molecular weight excluding hydrogens is 468 g/mol. The summed E-state index contributed by atoms with van der Waals surface area (Å²) in [6.07, 6.45) is -0.168. The van der Waals surface area contributed by atoms with Crippen molar-refractivity contribution in [2.75, 3.05) is 6.61 Å². The van der Waals surface area contributed by atoms with Crippen LogP contribution in [0.4, 0.5) is 4.79 Å². The van der Waals surface area contributed by atoms with Gasteiger partial charge in [0.05, 0.1) is 24.8 Å². The Morgan fingerprint density at radius 3 is 2.05 bits per heavy atom. The van der Waals surface area contributed by atoms with Gasteiger partial charge in [0.15, 0.2) is 6.29 Å². The largest absolute Gasteiger partial charge is 0.445 e. The van der Waals surface area contributed by atoms with E-state index in [1.165, 1.54) is 0 Å². The summed E-state index contributed by atoms with van der Waals surface area (Å²) in [4.78, 5) is 15.2. The molecule has 4 atom stereocenters. The molecule has 1 saturated heterocycles. The quantitative estimate of drug-likeness (QED) is 0.370. The lowest BCUT2D eigenvalue weighted by atomic mass is 9.95. The predicted octanol–water partition coefficient (Wildman–Crippen LogP) is 4.63. The molecule has 196 valence electrons. The van der Waals surface area contributed by atoms with E-state index in [0.29, 0.717) is 39.0 Å². The minimum atomic E-state index is -1.08. The number of nitrogens with two attached hydrogens (primary N) is 1. The molecule has 1 aliphatic heterocycles. The summed E-state index contributed by atoms with van der Waals surface area (Å²) in [5.41, 5.74) is 8.96. The zero-order valence-electron chi connectivity index (χ0n) is 21.0. The van der Waals surface area contributed by atoms with Crippen molar-refractivity contribution < 1.29 is 24.1 Å². The molecule has 1 fully saturated rings. The molecule has 0 aliphatic carbocycles. The number of carbonyl (C=O) groups is 1. The van der Waals surface area contributed by atoms with Crippen LogP contribution in [-0.2, 0) is 34.0 Å². The van der Waals surface area contributed by atoms with Crippen molar-refractivity contribution in [1.82, 2.24) is 4.90 Å². The number of hydrogen-bond acceptors (Lipinski definition) is 6. The van der Waals surface area contributed by atoms with Gasteiger partial charge in [0.25, 0.3) is 0 Å². The Hall–Kier alpha value is -3.23. The molecule has 1 amide bonds. The third-order valence-corrected chi connectivity index (χ3v) is 6.60. The van der Waals surface area contributed by atoms with Gasteiger partial charge in [-0.05, 0) is 36.0 Å². The average Bonchev–Trinajstić information content (AvgIpc) is 2.94. The van der Waals surface area contributed by atoms with E-state index in [2.05, 4.69) is 0 Å². The van der Waals surface area contributed by atoms with E-state index in [9.17, 15) is 9.90 Å². The Kier molecular flexibility index (Phi) is 10.1. The van der Waals surface area contributed by atoms with Gasteiger partial charge in [-0.15, -0.1) is 0 Å². The molecule has 3 aromatic rings. The average molecular weight is 505 g/mol. The van der Waals surface area contributed by atoms with Gasteiger partial charge in [0.1, 0.15) is 6.61 Å². The van der Waals surface area contributed by atoms with Gasteiger partial charge in [-0.3, -0.25) is 4.90 Å². The Bertz CT molecular complexity index is 1070. The zero-order chi connectivity index (χ0) is 25.9. The number of aliphatic hydroxyl groups excluding tert-OH is 1. The minimum Gasteiger partial charge on any atom is -0.445 e. The molecule has 0 aromatic heterocycles. The lowest BCUT2D eigenvalue weighted by Gasteiger charge is -2.41. The highest BCUT2D eigenvalue weighted by atomic mass is 16.6. The van der Waals surface area contributed by atoms with Gasteiger partial charge in [-0.2, -0.15) is 0 Å². The molecule has 1 heterocycles. The van der Waals surface area contributed by atoms with Crippen molar-refractivity contribution in [3.8, 4) is 0 Å². The standard InChI is InChI=1S/C30H36N2O5/c31-26-16-17-28(37-29(26)33)27(18-19-35-21-24-12-6-2-7-13-24)32(20-23-10-4-1-5-11-23)30(34)36-22-25-14-8-3-9-15-25/h1-15,26-29,33H,16-22,31H2/t26-,27+,28+,29?/m1/s1. The first-order valence-electron chi connectivity index (χ1n) is 12.8. The molecule has 1 aliphatic rings. The van der Waals surface area contributed by atoms with Crippen molar-refractivity contribution in [2.45, 2.75) is 63.5 Å². The second-order valence-corrected chi connectivity index (χ2v) is 9.35. The Morgan fingerprint density at radius 2 is 1.46 bits per heavy atom. The number of amides is 1. The molecule has 0 spiro atoms. The lowest BCUT2D eigenvalue weighted by molar-refractivity contribution is -0.190. The van der Waals surface area contributed by atoms with Crippen molar-refractivity contribution >= 4 is 6.09 Å². The van der Waals surface area contributed by atoms with Crippen LogP contribution >= 0.6 is 0 Å². The highest BCUT2D eigenvalue weighted by Gasteiger charge is 2.37. The molecule has 4 rings (SSSR count). The highest BCUT2D eigenvalue weighted by molar-refractivity contribution is 5.68. The molecule has 0 bridgehead atoms. The molecule has 7 nitrogen and oxygen atoms in total. The van der Waals surface area contributed by atoms with Crippen molar-refractivity contribution in [2.24, 2.45) is 5.73 Å². The first-order valence-corrected chi connectivity index (χ1v) is 12.8. The van der Waals surface area contributed by atoms with E-state index < -0.39 is 24.5 Å². The van der Waals surface area contributed by atoms with Crippen molar-refractivity contribution in [1.29, 1.82) is 0 Å². The van der Waals surface area contributed by atoms with Crippen molar-refractivity contribution in [3.63, 3.8) is 0 Å². The fourth-order valence-corrected chi connectivity index (χ4v) is 4.54. The smallest absolute Gasteiger partial charge is 0.410 e. The molecule has 3 N–H and O–H groups in total. The lowest BCUT2D eigenvalue weighted by Crippen LogP contribution is -2.54. The fraction of sp³-hybridized carbons (Fsp3) is 0.367. The first kappa shape index (κ1) is 26.8. The first-order chi connectivity index (χ1) is 18.1. The van der Waals surface area contributed by atoms with Crippen LogP contribution in [0.3, 0.4) is 0 Å². The van der Waals surface area contributed by atoms with Crippen LogP contribution in [0.25, 0.3) is 0 Å². The minimum absolute atomic E-state index is 0.168. The van der Waals surface area contributed by atoms with E-state index >= 15 is 0 Å². The summed E-state index contributed by atoms with van der Waals surface area (Å²) < 4.78 is 17.7. The van der Waals surface area contributed by atoms with Gasteiger partial charge in [-0.25, -0.2) is 4.79 Å². The second-order valence-electron chi connectivity index (χ2n) is 9.35. The van der Waals surface area contributed by atoms with Gasteiger partial charge in [0, 0.05) is 13.2 Å². The van der Waals surface area contributed by atoms with Crippen LogP contribution in [0.15, 0.2) is 91.0 Å². The molecule has 7 heteroatoms. The summed E-state index contributed by atoms with van der Waals surface area (Å²) in [5, 5.41) is 10.4. The topological polar surface area (TPSA) is 94.3 Å². The number of hydrogen-bond donors (Lipinski definition) is 2. The van der Waals surface area contributed by atoms with Crippen LogP contribution < -0.4 is 5.73 Å². The summed E-state index contributed by atoms with van der Waals surface area (Å²) in [7, 11) is 0. The predicted molar refractivity (Wildman–Crippen MR) is 141 cm³/mol. The number of ether oxygens (including phenoxy) is 3. The number of benzene rings is 3. The normalized spacial score (nSPS) is 20.2. The monoisotopic (exact) mass is 504 g/mol. The maximum Gasteiger partial charge on any atom is 0.410 e. The number of nitrogens with zero attached hydrogens (tertiary/aromatic N) is 1. The van der Waals surface area contributed by atoms with Gasteiger partial charge >= 0.3 is 6.09 Å². The third-order valence-electron chi connectivity index (χ3n) is 6.60. The molecular formula is C30H36N2O5. The van der Waals surface area contributed by atoms with E-state index in [4.69, 9.17) is 19.9 Å². The molecule has 0 radical (unpaired) electrons. The van der Waals surface area contributed by atoms with Gasteiger partial charge in [0.2, 0.25) is 0 Å². The summed E-state index contributed by atoms with van der Waals surface area (Å²) in [6.45, 7) is 1.41. The van der Waals surface area contributed by atoms with E-state index in [-0.39, 0.29) is 12.6 Å². The third kappa shape index (κ3) is 8.13. The number of carbonyl (C=O) groups excluding carboxylic acids is 1. The van der Waals surface area contributed by atoms with Gasteiger partial charge < -0.3 is 25.1 Å². The van der Waals surface area contributed by atoms with E-state index in [0.717, 1.165) is 16.7 Å². The second kappa shape index (κ2) is 13.9. The molecule has 37 heavy (non-hydrogen) atoms. The molecule has 0 saturated carbocycles. The van der Waals surface area contributed by atoms with Crippen LogP contribution in [0.5, 0.6) is 0 Å². The molecule has 3 aromatic carbocycles. The Balaban J connectivity index is 1.51. The number of aliphatic hydroxyl groups is 1. The van der Waals surface area contributed by atoms with E-state index in [1.54, 1.807) is 4.90 Å². The highest BCUT2D eigenvalue weighted by Crippen LogP contribution is 2.27. The summed E-state index contributed by atoms with van der Waals surface area (Å²) in [6, 6.07) is 28.5. The maximum absolute atomic E-state index is 13.5. The summed E-state index contributed by atoms with van der Waals surface area (Å²) >= 11 is 0. The fourth-order valence-electron chi connectivity index (χ4n) is 4.54.